The van der Waals surface area contributed by atoms with Crippen LogP contribution in [0.1, 0.15) is 0 Å². The quantitative estimate of drug-likeness (QED) is 0.646. The molecule has 27 heavy (non-hydrogen) atoms. The van der Waals surface area contributed by atoms with Gasteiger partial charge in [0, 0.05) is 23.9 Å². The summed E-state index contributed by atoms with van der Waals surface area (Å²) in [6.45, 7) is 0. The fourth-order valence-corrected chi connectivity index (χ4v) is 3.80. The molecule has 0 aliphatic carbocycles. The number of anilines is 3. The smallest absolute Gasteiger partial charge is 0.175 e. The highest BCUT2D eigenvalue weighted by atomic mass is 32.2. The number of hydrogen-bond acceptors (Lipinski definition) is 7. The lowest BCUT2D eigenvalue weighted by molar-refractivity contribution is 0.600. The maximum Gasteiger partial charge on any atom is 0.175 e. The summed E-state index contributed by atoms with van der Waals surface area (Å²) in [6.07, 6.45) is 6.93. The summed E-state index contributed by atoms with van der Waals surface area (Å²) >= 11 is 0. The number of nitrogens with zero attached hydrogens (tertiary/aromatic N) is 3. The first-order chi connectivity index (χ1) is 12.7. The van der Waals surface area contributed by atoms with Gasteiger partial charge < -0.3 is 4.90 Å². The Balaban J connectivity index is 2.10. The molecule has 0 N–H and O–H groups in total. The van der Waals surface area contributed by atoms with Gasteiger partial charge >= 0.3 is 0 Å². The second kappa shape index (κ2) is 7.09. The van der Waals surface area contributed by atoms with Gasteiger partial charge in [-0.15, -0.1) is 0 Å². The minimum atomic E-state index is -3.31. The Morgan fingerprint density at radius 1 is 0.630 bits per heavy atom. The molecule has 3 rings (SSSR count). The molecule has 0 spiro atoms. The summed E-state index contributed by atoms with van der Waals surface area (Å²) in [5.74, 6) is 0. The van der Waals surface area contributed by atoms with Crippen molar-refractivity contribution in [3.63, 3.8) is 0 Å². The average molecular weight is 403 g/mol. The van der Waals surface area contributed by atoms with Crippen LogP contribution in [0.3, 0.4) is 0 Å². The van der Waals surface area contributed by atoms with Gasteiger partial charge in [-0.2, -0.15) is 0 Å². The average Bonchev–Trinajstić information content (AvgIpc) is 2.62. The van der Waals surface area contributed by atoms with Crippen LogP contribution in [0.15, 0.2) is 77.0 Å². The SMILES string of the molecule is CS(=O)(=O)c1ccc(N(c2ccc(S(C)(=O)=O)cc2)c2cncnc2)cc1. The second-order valence-electron chi connectivity index (χ2n) is 5.96. The van der Waals surface area contributed by atoms with E-state index in [0.29, 0.717) is 17.1 Å². The van der Waals surface area contributed by atoms with Crippen LogP contribution in [-0.2, 0) is 19.7 Å². The van der Waals surface area contributed by atoms with E-state index in [4.69, 9.17) is 0 Å². The van der Waals surface area contributed by atoms with Crippen LogP contribution in [0, 0.1) is 0 Å². The monoisotopic (exact) mass is 403 g/mol. The largest absolute Gasteiger partial charge is 0.308 e. The van der Waals surface area contributed by atoms with E-state index in [0.717, 1.165) is 12.5 Å². The Morgan fingerprint density at radius 2 is 1.00 bits per heavy atom. The van der Waals surface area contributed by atoms with Crippen molar-refractivity contribution >= 4 is 36.7 Å². The van der Waals surface area contributed by atoms with Crippen molar-refractivity contribution in [2.24, 2.45) is 0 Å². The number of benzene rings is 2. The Bertz CT molecular complexity index is 1070. The highest BCUT2D eigenvalue weighted by Crippen LogP contribution is 2.34. The Kier molecular flexibility index (Phi) is 4.99. The summed E-state index contributed by atoms with van der Waals surface area (Å²) < 4.78 is 46.8. The lowest BCUT2D eigenvalue weighted by Gasteiger charge is -2.24. The number of hydrogen-bond donors (Lipinski definition) is 0. The summed E-state index contributed by atoms with van der Waals surface area (Å²) in [5.41, 5.74) is 2.02. The lowest BCUT2D eigenvalue weighted by atomic mass is 10.2. The van der Waals surface area contributed by atoms with Crippen molar-refractivity contribution in [3.05, 3.63) is 67.3 Å². The normalized spacial score (nSPS) is 11.9. The zero-order chi connectivity index (χ0) is 19.7. The van der Waals surface area contributed by atoms with Crippen LogP contribution in [0.25, 0.3) is 0 Å². The molecule has 0 bridgehead atoms. The van der Waals surface area contributed by atoms with Crippen LogP contribution >= 0.6 is 0 Å². The molecule has 1 aromatic heterocycles. The zero-order valence-electron chi connectivity index (χ0n) is 14.6. The first-order valence-electron chi connectivity index (χ1n) is 7.82. The number of sulfone groups is 2. The molecule has 2 aromatic carbocycles. The molecule has 9 heteroatoms. The standard InChI is InChI=1S/C18H17N3O4S2/c1-26(22,23)17-7-3-14(4-8-17)21(16-11-19-13-20-12-16)15-5-9-18(10-6-15)27(2,24)25/h3-13H,1-2H3. The Labute approximate surface area is 158 Å². The van der Waals surface area contributed by atoms with Crippen LogP contribution in [-0.4, -0.2) is 39.3 Å². The second-order valence-corrected chi connectivity index (χ2v) is 10.00. The topological polar surface area (TPSA) is 97.3 Å². The number of aromatic nitrogens is 2. The van der Waals surface area contributed by atoms with E-state index in [9.17, 15) is 16.8 Å². The molecular weight excluding hydrogens is 386 g/mol. The van der Waals surface area contributed by atoms with Crippen LogP contribution in [0.5, 0.6) is 0 Å². The van der Waals surface area contributed by atoms with Gasteiger partial charge in [0.25, 0.3) is 0 Å². The van der Waals surface area contributed by atoms with Crippen molar-refractivity contribution in [2.45, 2.75) is 9.79 Å². The molecule has 0 unspecified atom stereocenters. The lowest BCUT2D eigenvalue weighted by Crippen LogP contribution is -2.11. The molecule has 140 valence electrons. The molecule has 3 aromatic rings. The van der Waals surface area contributed by atoms with E-state index in [1.54, 1.807) is 41.6 Å². The Morgan fingerprint density at radius 3 is 1.33 bits per heavy atom. The molecule has 0 amide bonds. The van der Waals surface area contributed by atoms with E-state index in [1.807, 2.05) is 0 Å². The fraction of sp³-hybridized carbons (Fsp3) is 0.111. The first kappa shape index (κ1) is 19.0. The third-order valence-electron chi connectivity index (χ3n) is 3.85. The first-order valence-corrected chi connectivity index (χ1v) is 11.6. The predicted octanol–water partition coefficient (Wildman–Crippen LogP) is 2.75. The zero-order valence-corrected chi connectivity index (χ0v) is 16.3. The molecule has 0 aliphatic heterocycles. The Hall–Kier alpha value is -2.78. The summed E-state index contributed by atoms with van der Waals surface area (Å²) in [5, 5.41) is 0. The molecule has 0 aliphatic rings. The highest BCUT2D eigenvalue weighted by Gasteiger charge is 2.16. The van der Waals surface area contributed by atoms with Gasteiger partial charge in [0.1, 0.15) is 6.33 Å². The van der Waals surface area contributed by atoms with Gasteiger partial charge in [-0.25, -0.2) is 26.8 Å². The maximum absolute atomic E-state index is 11.7. The van der Waals surface area contributed by atoms with Crippen LogP contribution in [0.2, 0.25) is 0 Å². The van der Waals surface area contributed by atoms with Crippen LogP contribution in [0.4, 0.5) is 17.1 Å². The minimum absolute atomic E-state index is 0.211. The van der Waals surface area contributed by atoms with Gasteiger partial charge in [0.15, 0.2) is 19.7 Å². The minimum Gasteiger partial charge on any atom is -0.308 e. The fourth-order valence-electron chi connectivity index (χ4n) is 2.54. The maximum atomic E-state index is 11.7. The van der Waals surface area contributed by atoms with Gasteiger partial charge in [0.2, 0.25) is 0 Å². The molecular formula is C18H17N3O4S2. The van der Waals surface area contributed by atoms with Gasteiger partial charge in [-0.3, -0.25) is 0 Å². The van der Waals surface area contributed by atoms with E-state index < -0.39 is 19.7 Å². The van der Waals surface area contributed by atoms with Crippen LogP contribution < -0.4 is 4.90 Å². The molecule has 0 atom stereocenters. The predicted molar refractivity (Wildman–Crippen MR) is 103 cm³/mol. The molecule has 7 nitrogen and oxygen atoms in total. The van der Waals surface area contributed by atoms with Crippen molar-refractivity contribution in [1.29, 1.82) is 0 Å². The third kappa shape index (κ3) is 4.32. The molecule has 0 fully saturated rings. The van der Waals surface area contributed by atoms with Gasteiger partial charge in [0.05, 0.1) is 27.9 Å². The van der Waals surface area contributed by atoms with Crippen molar-refractivity contribution in [2.75, 3.05) is 17.4 Å². The summed E-state index contributed by atoms with van der Waals surface area (Å²) in [6, 6.07) is 12.8. The highest BCUT2D eigenvalue weighted by molar-refractivity contribution is 7.91. The van der Waals surface area contributed by atoms with E-state index in [1.165, 1.54) is 30.6 Å². The van der Waals surface area contributed by atoms with E-state index in [-0.39, 0.29) is 9.79 Å². The summed E-state index contributed by atoms with van der Waals surface area (Å²) in [7, 11) is -6.61. The number of rotatable bonds is 5. The van der Waals surface area contributed by atoms with Crippen molar-refractivity contribution in [3.8, 4) is 0 Å². The molecule has 0 saturated carbocycles. The third-order valence-corrected chi connectivity index (χ3v) is 6.11. The van der Waals surface area contributed by atoms with Gasteiger partial charge in [-0.05, 0) is 48.5 Å². The van der Waals surface area contributed by atoms with E-state index in [2.05, 4.69) is 9.97 Å². The van der Waals surface area contributed by atoms with Crippen molar-refractivity contribution in [1.82, 2.24) is 9.97 Å². The molecule has 0 radical (unpaired) electrons. The van der Waals surface area contributed by atoms with E-state index >= 15 is 0 Å². The summed E-state index contributed by atoms with van der Waals surface area (Å²) in [4.78, 5) is 10.3. The van der Waals surface area contributed by atoms with Crippen molar-refractivity contribution < 1.29 is 16.8 Å². The van der Waals surface area contributed by atoms with Gasteiger partial charge in [-0.1, -0.05) is 0 Å². The molecule has 0 saturated heterocycles. The molecule has 1 heterocycles.